The summed E-state index contributed by atoms with van der Waals surface area (Å²) in [5.41, 5.74) is 0.631. The van der Waals surface area contributed by atoms with E-state index in [2.05, 4.69) is 26.6 Å². The van der Waals surface area contributed by atoms with E-state index < -0.39 is 0 Å². The van der Waals surface area contributed by atoms with Crippen LogP contribution in [0.2, 0.25) is 0 Å². The van der Waals surface area contributed by atoms with Gasteiger partial charge in [0.05, 0.1) is 6.10 Å². The lowest BCUT2D eigenvalue weighted by atomic mass is 9.96. The minimum Gasteiger partial charge on any atom is -0.491 e. The number of hydrogen-bond acceptors (Lipinski definition) is 3. The van der Waals surface area contributed by atoms with Crippen molar-refractivity contribution in [1.82, 2.24) is 10.6 Å². The zero-order valence-corrected chi connectivity index (χ0v) is 16.1. The highest BCUT2D eigenvalue weighted by Crippen LogP contribution is 2.22. The van der Waals surface area contributed by atoms with Crippen molar-refractivity contribution in [3.05, 3.63) is 28.2 Å². The van der Waals surface area contributed by atoms with E-state index in [1.165, 1.54) is 12.8 Å². The van der Waals surface area contributed by atoms with Crippen LogP contribution in [0.1, 0.15) is 43.5 Å². The lowest BCUT2D eigenvalue weighted by Gasteiger charge is -2.22. The number of hydrogen-bond donors (Lipinski definition) is 2. The summed E-state index contributed by atoms with van der Waals surface area (Å²) < 4.78 is 6.52. The third-order valence-corrected chi connectivity index (χ3v) is 4.20. The minimum absolute atomic E-state index is 0. The third-order valence-electron chi connectivity index (χ3n) is 3.74. The molecule has 1 fully saturated rings. The molecule has 130 valence electrons. The predicted molar refractivity (Wildman–Crippen MR) is 99.7 cm³/mol. The first-order valence-corrected chi connectivity index (χ1v) is 8.80. The van der Waals surface area contributed by atoms with Crippen molar-refractivity contribution >= 4 is 34.2 Å². The Morgan fingerprint density at radius 3 is 2.87 bits per heavy atom. The zero-order valence-electron chi connectivity index (χ0n) is 13.7. The largest absolute Gasteiger partial charge is 0.491 e. The Bertz CT molecular complexity index is 505. The maximum absolute atomic E-state index is 12.3. The summed E-state index contributed by atoms with van der Waals surface area (Å²) in [7, 11) is 0. The lowest BCUT2D eigenvalue weighted by Crippen LogP contribution is -2.33. The normalized spacial score (nSPS) is 17.5. The molecular weight excluding hydrogens is 380 g/mol. The van der Waals surface area contributed by atoms with Gasteiger partial charge in [-0.05, 0) is 70.3 Å². The van der Waals surface area contributed by atoms with Crippen LogP contribution >= 0.6 is 28.3 Å². The molecule has 4 nitrogen and oxygen atoms in total. The Morgan fingerprint density at radius 2 is 2.22 bits per heavy atom. The van der Waals surface area contributed by atoms with Crippen LogP contribution in [0, 0.1) is 5.92 Å². The molecule has 0 saturated carbocycles. The molecule has 1 aliphatic rings. The predicted octanol–water partition coefficient (Wildman–Crippen LogP) is 3.78. The van der Waals surface area contributed by atoms with Gasteiger partial charge in [-0.2, -0.15) is 0 Å². The number of carbonyl (C=O) groups is 1. The molecule has 0 aromatic heterocycles. The van der Waals surface area contributed by atoms with Gasteiger partial charge in [0.15, 0.2) is 0 Å². The van der Waals surface area contributed by atoms with Crippen molar-refractivity contribution in [2.45, 2.75) is 39.2 Å². The summed E-state index contributed by atoms with van der Waals surface area (Å²) in [4.78, 5) is 12.3. The number of benzene rings is 1. The second kappa shape index (κ2) is 10.2. The molecule has 23 heavy (non-hydrogen) atoms. The number of halogens is 2. The Morgan fingerprint density at radius 1 is 1.43 bits per heavy atom. The van der Waals surface area contributed by atoms with E-state index in [1.807, 2.05) is 26.0 Å². The average Bonchev–Trinajstić information content (AvgIpc) is 2.47. The van der Waals surface area contributed by atoms with Gasteiger partial charge in [0, 0.05) is 16.6 Å². The molecule has 1 amide bonds. The maximum Gasteiger partial charge on any atom is 0.251 e. The fraction of sp³-hybridized carbons (Fsp3) is 0.588. The number of rotatable bonds is 6. The Balaban J connectivity index is 0.00000264. The van der Waals surface area contributed by atoms with Gasteiger partial charge in [0.1, 0.15) is 5.75 Å². The molecule has 1 atom stereocenters. The molecule has 0 aliphatic carbocycles. The first-order chi connectivity index (χ1) is 10.5. The molecule has 6 heteroatoms. The fourth-order valence-corrected chi connectivity index (χ4v) is 3.17. The molecule has 2 rings (SSSR count). The van der Waals surface area contributed by atoms with Gasteiger partial charge in [0.2, 0.25) is 0 Å². The van der Waals surface area contributed by atoms with E-state index in [4.69, 9.17) is 4.74 Å². The molecule has 1 aromatic rings. The van der Waals surface area contributed by atoms with Crippen molar-refractivity contribution in [2.75, 3.05) is 19.6 Å². The smallest absolute Gasteiger partial charge is 0.251 e. The first-order valence-electron chi connectivity index (χ1n) is 8.01. The maximum atomic E-state index is 12.3. The first kappa shape index (κ1) is 20.3. The van der Waals surface area contributed by atoms with Crippen LogP contribution < -0.4 is 15.4 Å². The van der Waals surface area contributed by atoms with E-state index in [-0.39, 0.29) is 24.4 Å². The van der Waals surface area contributed by atoms with Gasteiger partial charge in [0.25, 0.3) is 5.91 Å². The highest BCUT2D eigenvalue weighted by molar-refractivity contribution is 9.10. The van der Waals surface area contributed by atoms with Gasteiger partial charge in [-0.3, -0.25) is 4.79 Å². The third kappa shape index (κ3) is 7.10. The number of nitrogens with one attached hydrogen (secondary N) is 2. The SMILES string of the molecule is CC(C)Oc1cc(Br)cc(C(=O)NCCC2CCCNC2)c1.Cl. The molecule has 1 unspecified atom stereocenters. The average molecular weight is 406 g/mol. The summed E-state index contributed by atoms with van der Waals surface area (Å²) in [6, 6.07) is 5.50. The highest BCUT2D eigenvalue weighted by Gasteiger charge is 2.14. The van der Waals surface area contributed by atoms with Crippen LogP contribution in [0.15, 0.2) is 22.7 Å². The summed E-state index contributed by atoms with van der Waals surface area (Å²) in [6.45, 7) is 6.86. The standard InChI is InChI=1S/C17H25BrN2O2.ClH/c1-12(2)22-16-9-14(8-15(18)10-16)17(21)20-7-5-13-4-3-6-19-11-13;/h8-10,12-13,19H,3-7,11H2,1-2H3,(H,20,21);1H. The molecule has 2 N–H and O–H groups in total. The number of amides is 1. The van der Waals surface area contributed by atoms with Crippen LogP contribution in [0.4, 0.5) is 0 Å². The number of piperidine rings is 1. The van der Waals surface area contributed by atoms with E-state index in [9.17, 15) is 4.79 Å². The second-order valence-corrected chi connectivity index (χ2v) is 7.01. The second-order valence-electron chi connectivity index (χ2n) is 6.10. The van der Waals surface area contributed by atoms with E-state index >= 15 is 0 Å². The van der Waals surface area contributed by atoms with Gasteiger partial charge >= 0.3 is 0 Å². The fourth-order valence-electron chi connectivity index (χ4n) is 2.70. The Kier molecular flexibility index (Phi) is 8.95. The molecule has 0 radical (unpaired) electrons. The summed E-state index contributed by atoms with van der Waals surface area (Å²) in [5.74, 6) is 1.35. The molecule has 1 aromatic carbocycles. The van der Waals surface area contributed by atoms with Crippen molar-refractivity contribution in [2.24, 2.45) is 5.92 Å². The van der Waals surface area contributed by atoms with Crippen LogP contribution in [0.3, 0.4) is 0 Å². The van der Waals surface area contributed by atoms with Crippen molar-refractivity contribution in [1.29, 1.82) is 0 Å². The Labute approximate surface area is 153 Å². The van der Waals surface area contributed by atoms with Gasteiger partial charge in [-0.1, -0.05) is 15.9 Å². The summed E-state index contributed by atoms with van der Waals surface area (Å²) in [5, 5.41) is 6.41. The van der Waals surface area contributed by atoms with Crippen molar-refractivity contribution in [3.8, 4) is 5.75 Å². The number of carbonyl (C=O) groups excluding carboxylic acids is 1. The molecule has 0 bridgehead atoms. The van der Waals surface area contributed by atoms with Crippen LogP contribution in [0.5, 0.6) is 5.75 Å². The molecule has 1 heterocycles. The number of ether oxygens (including phenoxy) is 1. The van der Waals surface area contributed by atoms with E-state index in [1.54, 1.807) is 6.07 Å². The monoisotopic (exact) mass is 404 g/mol. The summed E-state index contributed by atoms with van der Waals surface area (Å²) in [6.07, 6.45) is 3.61. The van der Waals surface area contributed by atoms with Crippen LogP contribution in [-0.2, 0) is 0 Å². The molecular formula is C17H26BrClN2O2. The summed E-state index contributed by atoms with van der Waals surface area (Å²) >= 11 is 3.43. The van der Waals surface area contributed by atoms with Crippen molar-refractivity contribution in [3.63, 3.8) is 0 Å². The van der Waals surface area contributed by atoms with Crippen molar-refractivity contribution < 1.29 is 9.53 Å². The lowest BCUT2D eigenvalue weighted by molar-refractivity contribution is 0.0950. The quantitative estimate of drug-likeness (QED) is 0.757. The van der Waals surface area contributed by atoms with Crippen LogP contribution in [0.25, 0.3) is 0 Å². The van der Waals surface area contributed by atoms with Gasteiger partial charge < -0.3 is 15.4 Å². The molecule has 0 spiro atoms. The highest BCUT2D eigenvalue weighted by atomic mass is 79.9. The minimum atomic E-state index is -0.0429. The van der Waals surface area contributed by atoms with E-state index in [0.717, 1.165) is 30.5 Å². The van der Waals surface area contributed by atoms with E-state index in [0.29, 0.717) is 17.2 Å². The molecule has 1 aliphatic heterocycles. The Hall–Kier alpha value is -0.780. The van der Waals surface area contributed by atoms with Gasteiger partial charge in [-0.25, -0.2) is 0 Å². The molecule has 1 saturated heterocycles. The van der Waals surface area contributed by atoms with Gasteiger partial charge in [-0.15, -0.1) is 12.4 Å². The zero-order chi connectivity index (χ0) is 15.9. The topological polar surface area (TPSA) is 50.4 Å². The van der Waals surface area contributed by atoms with Crippen LogP contribution in [-0.4, -0.2) is 31.6 Å².